The fourth-order valence-corrected chi connectivity index (χ4v) is 3.07. The zero-order valence-corrected chi connectivity index (χ0v) is 13.1. The number of furan rings is 1. The Morgan fingerprint density at radius 1 is 1.36 bits per heavy atom. The van der Waals surface area contributed by atoms with Crippen LogP contribution < -0.4 is 4.90 Å². The Bertz CT molecular complexity index is 668. The van der Waals surface area contributed by atoms with Gasteiger partial charge in [-0.15, -0.1) is 0 Å². The fourth-order valence-electron chi connectivity index (χ4n) is 3.07. The summed E-state index contributed by atoms with van der Waals surface area (Å²) in [5.41, 5.74) is 0.594. The van der Waals surface area contributed by atoms with Crippen LogP contribution in [0.5, 0.6) is 0 Å². The zero-order valence-electron chi connectivity index (χ0n) is 13.1. The van der Waals surface area contributed by atoms with Crippen molar-refractivity contribution in [1.29, 1.82) is 5.26 Å². The van der Waals surface area contributed by atoms with Gasteiger partial charge in [0.15, 0.2) is 0 Å². The lowest BCUT2D eigenvalue weighted by Gasteiger charge is -2.38. The van der Waals surface area contributed by atoms with Gasteiger partial charge < -0.3 is 9.32 Å². The molecule has 3 rings (SSSR count). The standard InChI is InChI=1S/C18H21N3O/c1-3-15-5-6-17(22-15)16-10-13(2)8-9-21(16)18-7-4-14(11-19)12-20-18/h4-7,12-13,16H,3,8-10H2,1-2H3. The number of rotatable bonds is 3. The van der Waals surface area contributed by atoms with Gasteiger partial charge in [-0.1, -0.05) is 13.8 Å². The average Bonchev–Trinajstić information content (AvgIpc) is 3.04. The molecule has 2 atom stereocenters. The number of aryl methyl sites for hydroxylation is 1. The molecule has 0 radical (unpaired) electrons. The minimum Gasteiger partial charge on any atom is -0.464 e. The first-order valence-electron chi connectivity index (χ1n) is 7.92. The Balaban J connectivity index is 1.90. The maximum absolute atomic E-state index is 8.91. The van der Waals surface area contributed by atoms with E-state index in [9.17, 15) is 0 Å². The van der Waals surface area contributed by atoms with Crippen LogP contribution >= 0.6 is 0 Å². The van der Waals surface area contributed by atoms with Gasteiger partial charge in [0.1, 0.15) is 23.4 Å². The van der Waals surface area contributed by atoms with Crippen molar-refractivity contribution in [3.05, 3.63) is 47.5 Å². The zero-order chi connectivity index (χ0) is 15.5. The molecule has 0 aliphatic carbocycles. The summed E-state index contributed by atoms with van der Waals surface area (Å²) in [6.07, 6.45) is 4.78. The van der Waals surface area contributed by atoms with E-state index in [4.69, 9.17) is 9.68 Å². The topological polar surface area (TPSA) is 53.1 Å². The average molecular weight is 295 g/mol. The highest BCUT2D eigenvalue weighted by Crippen LogP contribution is 2.37. The van der Waals surface area contributed by atoms with Gasteiger partial charge in [-0.05, 0) is 43.0 Å². The van der Waals surface area contributed by atoms with Crippen molar-refractivity contribution in [2.45, 2.75) is 39.2 Å². The molecule has 4 heteroatoms. The molecule has 2 aromatic heterocycles. The highest BCUT2D eigenvalue weighted by Gasteiger charge is 2.30. The molecule has 0 saturated carbocycles. The van der Waals surface area contributed by atoms with Gasteiger partial charge in [-0.25, -0.2) is 4.98 Å². The highest BCUT2D eigenvalue weighted by molar-refractivity contribution is 5.44. The van der Waals surface area contributed by atoms with Crippen LogP contribution in [0.2, 0.25) is 0 Å². The van der Waals surface area contributed by atoms with Crippen molar-refractivity contribution in [2.75, 3.05) is 11.4 Å². The minimum atomic E-state index is 0.226. The van der Waals surface area contributed by atoms with E-state index < -0.39 is 0 Å². The van der Waals surface area contributed by atoms with Crippen LogP contribution in [-0.2, 0) is 6.42 Å². The highest BCUT2D eigenvalue weighted by atomic mass is 16.3. The first kappa shape index (κ1) is 14.6. The molecular weight excluding hydrogens is 274 g/mol. The Morgan fingerprint density at radius 3 is 2.86 bits per heavy atom. The molecule has 1 fully saturated rings. The SMILES string of the molecule is CCc1ccc(C2CC(C)CCN2c2ccc(C#N)cn2)o1. The second-order valence-corrected chi connectivity index (χ2v) is 6.01. The number of hydrogen-bond acceptors (Lipinski definition) is 4. The quantitative estimate of drug-likeness (QED) is 0.856. The predicted molar refractivity (Wildman–Crippen MR) is 85.5 cm³/mol. The maximum atomic E-state index is 8.91. The monoisotopic (exact) mass is 295 g/mol. The summed E-state index contributed by atoms with van der Waals surface area (Å²) in [5.74, 6) is 3.65. The van der Waals surface area contributed by atoms with E-state index in [2.05, 4.69) is 41.9 Å². The van der Waals surface area contributed by atoms with Crippen LogP contribution in [0.25, 0.3) is 0 Å². The number of nitrogens with zero attached hydrogens (tertiary/aromatic N) is 3. The number of nitriles is 1. The van der Waals surface area contributed by atoms with Crippen molar-refractivity contribution in [2.24, 2.45) is 5.92 Å². The Morgan fingerprint density at radius 2 is 2.23 bits per heavy atom. The van der Waals surface area contributed by atoms with Crippen LogP contribution in [0.3, 0.4) is 0 Å². The molecule has 3 heterocycles. The summed E-state index contributed by atoms with van der Waals surface area (Å²) in [4.78, 5) is 6.77. The van der Waals surface area contributed by atoms with Gasteiger partial charge in [-0.2, -0.15) is 5.26 Å². The molecule has 22 heavy (non-hydrogen) atoms. The molecule has 0 amide bonds. The number of piperidine rings is 1. The van der Waals surface area contributed by atoms with Crippen molar-refractivity contribution in [1.82, 2.24) is 4.98 Å². The van der Waals surface area contributed by atoms with Crippen molar-refractivity contribution in [3.8, 4) is 6.07 Å². The second-order valence-electron chi connectivity index (χ2n) is 6.01. The van der Waals surface area contributed by atoms with Crippen LogP contribution in [0, 0.1) is 17.2 Å². The molecule has 1 aliphatic heterocycles. The van der Waals surface area contributed by atoms with E-state index in [0.717, 1.165) is 43.1 Å². The molecule has 0 N–H and O–H groups in total. The molecule has 0 bridgehead atoms. The van der Waals surface area contributed by atoms with Crippen molar-refractivity contribution < 1.29 is 4.42 Å². The third-order valence-corrected chi connectivity index (χ3v) is 4.40. The van der Waals surface area contributed by atoms with Gasteiger partial charge in [0.2, 0.25) is 0 Å². The smallest absolute Gasteiger partial charge is 0.129 e. The van der Waals surface area contributed by atoms with Crippen LogP contribution in [0.4, 0.5) is 5.82 Å². The van der Waals surface area contributed by atoms with E-state index in [1.165, 1.54) is 0 Å². The van der Waals surface area contributed by atoms with Crippen molar-refractivity contribution in [3.63, 3.8) is 0 Å². The van der Waals surface area contributed by atoms with Crippen molar-refractivity contribution >= 4 is 5.82 Å². The summed E-state index contributed by atoms with van der Waals surface area (Å²) in [5, 5.41) is 8.91. The summed E-state index contributed by atoms with van der Waals surface area (Å²) in [7, 11) is 0. The molecular formula is C18H21N3O. The summed E-state index contributed by atoms with van der Waals surface area (Å²) in [6, 6.07) is 10.3. The molecule has 2 aromatic rings. The third-order valence-electron chi connectivity index (χ3n) is 4.40. The second kappa shape index (κ2) is 6.23. The Hall–Kier alpha value is -2.28. The molecule has 1 aliphatic rings. The van der Waals surface area contributed by atoms with E-state index in [1.54, 1.807) is 6.20 Å². The van der Waals surface area contributed by atoms with Gasteiger partial charge >= 0.3 is 0 Å². The van der Waals surface area contributed by atoms with E-state index >= 15 is 0 Å². The van der Waals surface area contributed by atoms with Gasteiger partial charge in [0.25, 0.3) is 0 Å². The number of aromatic nitrogens is 1. The predicted octanol–water partition coefficient (Wildman–Crippen LogP) is 4.09. The minimum absolute atomic E-state index is 0.226. The number of anilines is 1. The first-order chi connectivity index (χ1) is 10.7. The molecule has 4 nitrogen and oxygen atoms in total. The molecule has 1 saturated heterocycles. The maximum Gasteiger partial charge on any atom is 0.129 e. The van der Waals surface area contributed by atoms with Crippen LogP contribution in [-0.4, -0.2) is 11.5 Å². The van der Waals surface area contributed by atoms with Gasteiger partial charge in [0.05, 0.1) is 11.6 Å². The van der Waals surface area contributed by atoms with Gasteiger partial charge in [0, 0.05) is 19.2 Å². The molecule has 0 aromatic carbocycles. The molecule has 2 unspecified atom stereocenters. The van der Waals surface area contributed by atoms with E-state index in [0.29, 0.717) is 11.5 Å². The van der Waals surface area contributed by atoms with E-state index in [1.807, 2.05) is 12.1 Å². The van der Waals surface area contributed by atoms with E-state index in [-0.39, 0.29) is 6.04 Å². The first-order valence-corrected chi connectivity index (χ1v) is 7.92. The summed E-state index contributed by atoms with van der Waals surface area (Å²) in [6.45, 7) is 5.36. The summed E-state index contributed by atoms with van der Waals surface area (Å²) < 4.78 is 6.00. The fraction of sp³-hybridized carbons (Fsp3) is 0.444. The number of pyridine rings is 1. The molecule has 114 valence electrons. The summed E-state index contributed by atoms with van der Waals surface area (Å²) >= 11 is 0. The third kappa shape index (κ3) is 2.85. The largest absolute Gasteiger partial charge is 0.464 e. The molecule has 0 spiro atoms. The van der Waals surface area contributed by atoms with Gasteiger partial charge in [-0.3, -0.25) is 0 Å². The lowest BCUT2D eigenvalue weighted by Crippen LogP contribution is -2.36. The lowest BCUT2D eigenvalue weighted by molar-refractivity contribution is 0.321. The van der Waals surface area contributed by atoms with Crippen LogP contribution in [0.15, 0.2) is 34.9 Å². The Labute approximate surface area is 131 Å². The normalized spacial score (nSPS) is 21.6. The Kier molecular flexibility index (Phi) is 4.15. The van der Waals surface area contributed by atoms with Crippen LogP contribution in [0.1, 0.15) is 49.8 Å². The number of hydrogen-bond donors (Lipinski definition) is 0. The lowest BCUT2D eigenvalue weighted by atomic mass is 9.91.